The van der Waals surface area contributed by atoms with Crippen molar-refractivity contribution in [2.75, 3.05) is 6.61 Å². The van der Waals surface area contributed by atoms with Crippen molar-refractivity contribution < 1.29 is 9.26 Å². The minimum atomic E-state index is -0.577. The van der Waals surface area contributed by atoms with E-state index in [0.717, 1.165) is 28.0 Å². The molecule has 0 aliphatic heterocycles. The number of H-pyrrole nitrogens is 1. The topological polar surface area (TPSA) is 68.1 Å². The van der Waals surface area contributed by atoms with E-state index >= 15 is 0 Å². The molecule has 117 valence electrons. The normalized spacial score (nSPS) is 10.7. The number of nitrogens with one attached hydrogen (secondary N) is 1. The average Bonchev–Trinajstić information content (AvgIpc) is 3.01. The Kier molecular flexibility index (Phi) is 4.28. The van der Waals surface area contributed by atoms with Crippen LogP contribution < -0.4 is 10.5 Å². The van der Waals surface area contributed by atoms with Gasteiger partial charge in [-0.05, 0) is 37.5 Å². The van der Waals surface area contributed by atoms with Gasteiger partial charge in [0.25, 0.3) is 0 Å². The number of hydrogen-bond acceptors (Lipinski definition) is 4. The van der Waals surface area contributed by atoms with Gasteiger partial charge in [0.2, 0.25) is 0 Å². The molecule has 0 bridgehead atoms. The monoisotopic (exact) mass is 309 g/mol. The van der Waals surface area contributed by atoms with Gasteiger partial charge in [-0.3, -0.25) is 9.51 Å². The van der Waals surface area contributed by atoms with Crippen molar-refractivity contribution in [3.05, 3.63) is 65.5 Å². The van der Waals surface area contributed by atoms with E-state index in [1.807, 2.05) is 49.4 Å². The second-order valence-corrected chi connectivity index (χ2v) is 5.00. The molecular formula is C18H17N2O3. The maximum absolute atomic E-state index is 11.2. The van der Waals surface area contributed by atoms with Crippen LogP contribution in [0.2, 0.25) is 0 Å². The summed E-state index contributed by atoms with van der Waals surface area (Å²) in [4.78, 5) is 13.8. The van der Waals surface area contributed by atoms with Gasteiger partial charge >= 0.3 is 5.76 Å². The lowest BCUT2D eigenvalue weighted by molar-refractivity contribution is 0.341. The van der Waals surface area contributed by atoms with Crippen molar-refractivity contribution >= 4 is 0 Å². The number of aromatic amines is 1. The summed E-state index contributed by atoms with van der Waals surface area (Å²) < 4.78 is 10.4. The van der Waals surface area contributed by atoms with Crippen LogP contribution in [0.25, 0.3) is 22.5 Å². The Balaban J connectivity index is 2.17. The summed E-state index contributed by atoms with van der Waals surface area (Å²) in [6, 6.07) is 13.7. The van der Waals surface area contributed by atoms with Gasteiger partial charge in [0.05, 0.1) is 6.61 Å². The van der Waals surface area contributed by atoms with Gasteiger partial charge in [-0.15, -0.1) is 0 Å². The Morgan fingerprint density at radius 2 is 1.96 bits per heavy atom. The van der Waals surface area contributed by atoms with Crippen LogP contribution in [-0.2, 0) is 6.42 Å². The molecule has 1 radical (unpaired) electrons. The second-order valence-electron chi connectivity index (χ2n) is 5.00. The molecule has 0 saturated heterocycles. The second kappa shape index (κ2) is 6.52. The standard InChI is InChI=1S/C18H17N2O3/c1-3-12-9-10-14(16(11-12)22-4-2)13-7-5-6-8-15(13)17-19-18(21)23-20-17/h5-11H,1,3-4H2,2H3,(H,19,20,21). The summed E-state index contributed by atoms with van der Waals surface area (Å²) in [5, 5.41) is 3.79. The number of ether oxygens (including phenoxy) is 1. The molecule has 3 rings (SSSR count). The molecule has 0 amide bonds. The summed E-state index contributed by atoms with van der Waals surface area (Å²) >= 11 is 0. The van der Waals surface area contributed by atoms with E-state index in [0.29, 0.717) is 18.9 Å². The summed E-state index contributed by atoms with van der Waals surface area (Å²) in [7, 11) is 0. The quantitative estimate of drug-likeness (QED) is 0.783. The molecule has 5 nitrogen and oxygen atoms in total. The van der Waals surface area contributed by atoms with E-state index in [4.69, 9.17) is 4.74 Å². The predicted octanol–water partition coefficient (Wildman–Crippen LogP) is 3.47. The number of aromatic nitrogens is 2. The number of hydrogen-bond donors (Lipinski definition) is 1. The highest BCUT2D eigenvalue weighted by atomic mass is 16.5. The Morgan fingerprint density at radius 3 is 2.61 bits per heavy atom. The molecule has 0 spiro atoms. The van der Waals surface area contributed by atoms with Gasteiger partial charge in [-0.25, -0.2) is 4.79 Å². The van der Waals surface area contributed by atoms with Crippen LogP contribution in [0.1, 0.15) is 12.5 Å². The number of benzene rings is 2. The molecule has 1 heterocycles. The predicted molar refractivity (Wildman–Crippen MR) is 88.2 cm³/mol. The zero-order valence-electron chi connectivity index (χ0n) is 12.8. The zero-order chi connectivity index (χ0) is 16.2. The van der Waals surface area contributed by atoms with Crippen LogP contribution >= 0.6 is 0 Å². The maximum Gasteiger partial charge on any atom is 0.439 e. The summed E-state index contributed by atoms with van der Waals surface area (Å²) in [5.74, 6) is 0.605. The lowest BCUT2D eigenvalue weighted by Gasteiger charge is -2.14. The van der Waals surface area contributed by atoms with Crippen LogP contribution in [0.5, 0.6) is 5.75 Å². The van der Waals surface area contributed by atoms with Crippen molar-refractivity contribution in [2.24, 2.45) is 0 Å². The Morgan fingerprint density at radius 1 is 1.17 bits per heavy atom. The average molecular weight is 309 g/mol. The van der Waals surface area contributed by atoms with Crippen LogP contribution in [0, 0.1) is 6.92 Å². The van der Waals surface area contributed by atoms with Crippen molar-refractivity contribution in [3.63, 3.8) is 0 Å². The van der Waals surface area contributed by atoms with Crippen molar-refractivity contribution in [2.45, 2.75) is 13.3 Å². The third-order valence-corrected chi connectivity index (χ3v) is 3.55. The highest BCUT2D eigenvalue weighted by Crippen LogP contribution is 2.36. The first-order chi connectivity index (χ1) is 11.2. The molecule has 1 aromatic heterocycles. The molecule has 0 unspecified atom stereocenters. The molecule has 1 N–H and O–H groups in total. The van der Waals surface area contributed by atoms with E-state index in [1.165, 1.54) is 0 Å². The van der Waals surface area contributed by atoms with Crippen molar-refractivity contribution in [1.82, 2.24) is 10.1 Å². The van der Waals surface area contributed by atoms with Gasteiger partial charge in [0.1, 0.15) is 5.75 Å². The number of rotatable bonds is 5. The summed E-state index contributed by atoms with van der Waals surface area (Å²) in [6.45, 7) is 6.42. The first-order valence-electron chi connectivity index (χ1n) is 7.43. The highest BCUT2D eigenvalue weighted by Gasteiger charge is 2.15. The first-order valence-corrected chi connectivity index (χ1v) is 7.43. The lowest BCUT2D eigenvalue weighted by Crippen LogP contribution is -1.98. The van der Waals surface area contributed by atoms with E-state index < -0.39 is 5.76 Å². The SMILES string of the molecule is [CH2]Cc1ccc(-c2ccccc2-c2noc(=O)[nH]2)c(OCC)c1. The molecule has 0 aliphatic rings. The third-order valence-electron chi connectivity index (χ3n) is 3.55. The Bertz CT molecular complexity index is 864. The molecule has 5 heteroatoms. The molecule has 0 aliphatic carbocycles. The molecule has 23 heavy (non-hydrogen) atoms. The fourth-order valence-corrected chi connectivity index (χ4v) is 2.49. The van der Waals surface area contributed by atoms with E-state index in [-0.39, 0.29) is 0 Å². The minimum absolute atomic E-state index is 0.397. The molecule has 3 aromatic rings. The lowest BCUT2D eigenvalue weighted by atomic mass is 9.97. The van der Waals surface area contributed by atoms with Crippen LogP contribution in [0.4, 0.5) is 0 Å². The van der Waals surface area contributed by atoms with E-state index in [1.54, 1.807) is 0 Å². The van der Waals surface area contributed by atoms with Gasteiger partial charge in [-0.2, -0.15) is 0 Å². The molecule has 0 fully saturated rings. The van der Waals surface area contributed by atoms with E-state index in [2.05, 4.69) is 21.6 Å². The summed E-state index contributed by atoms with van der Waals surface area (Å²) in [6.07, 6.45) is 0.693. The zero-order valence-corrected chi connectivity index (χ0v) is 12.8. The van der Waals surface area contributed by atoms with Crippen LogP contribution in [0.3, 0.4) is 0 Å². The largest absolute Gasteiger partial charge is 0.493 e. The van der Waals surface area contributed by atoms with Gasteiger partial charge in [-0.1, -0.05) is 41.6 Å². The Labute approximate surface area is 133 Å². The van der Waals surface area contributed by atoms with Crippen LogP contribution in [0.15, 0.2) is 51.8 Å². The smallest absolute Gasteiger partial charge is 0.439 e. The molecule has 2 aromatic carbocycles. The van der Waals surface area contributed by atoms with Crippen molar-refractivity contribution in [3.8, 4) is 28.3 Å². The first kappa shape index (κ1) is 15.1. The van der Waals surface area contributed by atoms with Gasteiger partial charge < -0.3 is 4.74 Å². The van der Waals surface area contributed by atoms with Crippen LogP contribution in [-0.4, -0.2) is 16.7 Å². The highest BCUT2D eigenvalue weighted by molar-refractivity contribution is 5.83. The van der Waals surface area contributed by atoms with Gasteiger partial charge in [0.15, 0.2) is 5.82 Å². The minimum Gasteiger partial charge on any atom is -0.493 e. The molecular weight excluding hydrogens is 292 g/mol. The molecule has 0 saturated carbocycles. The van der Waals surface area contributed by atoms with E-state index in [9.17, 15) is 4.79 Å². The third kappa shape index (κ3) is 3.04. The van der Waals surface area contributed by atoms with Gasteiger partial charge in [0, 0.05) is 11.1 Å². The summed E-state index contributed by atoms with van der Waals surface area (Å²) in [5.41, 5.74) is 3.73. The molecule has 0 atom stereocenters. The fraction of sp³-hybridized carbons (Fsp3) is 0.167. The van der Waals surface area contributed by atoms with Crippen molar-refractivity contribution in [1.29, 1.82) is 0 Å². The Hall–Kier alpha value is -2.82. The maximum atomic E-state index is 11.2. The number of nitrogens with zero attached hydrogens (tertiary/aromatic N) is 1. The fourth-order valence-electron chi connectivity index (χ4n) is 2.49.